The number of benzene rings is 1. The normalized spacial score (nSPS) is 9.76. The van der Waals surface area contributed by atoms with Gasteiger partial charge in [-0.3, -0.25) is 4.79 Å². The van der Waals surface area contributed by atoms with Crippen molar-refractivity contribution in [2.45, 2.75) is 32.7 Å². The van der Waals surface area contributed by atoms with Gasteiger partial charge in [-0.25, -0.2) is 0 Å². The van der Waals surface area contributed by atoms with Crippen LogP contribution < -0.4 is 5.32 Å². The summed E-state index contributed by atoms with van der Waals surface area (Å²) in [6.45, 7) is 4.69. The van der Waals surface area contributed by atoms with Crippen LogP contribution in [0.1, 0.15) is 37.0 Å². The Bertz CT molecular complexity index is 536. The van der Waals surface area contributed by atoms with Crippen LogP contribution in [0.5, 0.6) is 0 Å². The Balaban J connectivity index is 2.97. The molecule has 0 unspecified atom stereocenters. The maximum Gasteiger partial charge on any atom is 0.256 e. The minimum atomic E-state index is -0.149. The van der Waals surface area contributed by atoms with Gasteiger partial charge in [0.1, 0.15) is 0 Å². The molecule has 1 amide bonds. The monoisotopic (exact) mass is 284 g/mol. The fraction of sp³-hybridized carbons (Fsp3) is 0.438. The van der Waals surface area contributed by atoms with Crippen molar-refractivity contribution in [1.82, 2.24) is 4.90 Å². The van der Waals surface area contributed by atoms with Gasteiger partial charge < -0.3 is 10.2 Å². The molecule has 0 atom stereocenters. The number of nitrogens with zero attached hydrogens (tertiary/aromatic N) is 3. The van der Waals surface area contributed by atoms with E-state index in [0.717, 1.165) is 5.69 Å². The third-order valence-corrected chi connectivity index (χ3v) is 2.88. The maximum atomic E-state index is 12.6. The molecule has 1 N–H and O–H groups in total. The molecule has 0 saturated heterocycles. The first kappa shape index (κ1) is 16.5. The number of para-hydroxylation sites is 1. The van der Waals surface area contributed by atoms with E-state index in [4.69, 9.17) is 10.5 Å². The second kappa shape index (κ2) is 8.60. The van der Waals surface area contributed by atoms with E-state index < -0.39 is 0 Å². The first-order valence-electron chi connectivity index (χ1n) is 6.99. The summed E-state index contributed by atoms with van der Waals surface area (Å²) in [6, 6.07) is 11.6. The lowest BCUT2D eigenvalue weighted by Crippen LogP contribution is -2.33. The molecule has 0 aliphatic carbocycles. The van der Waals surface area contributed by atoms with Crippen molar-refractivity contribution in [3.8, 4) is 12.1 Å². The van der Waals surface area contributed by atoms with Crippen LogP contribution >= 0.6 is 0 Å². The molecule has 0 radical (unpaired) electrons. The molecule has 110 valence electrons. The van der Waals surface area contributed by atoms with Crippen LogP contribution in [0.25, 0.3) is 0 Å². The summed E-state index contributed by atoms with van der Waals surface area (Å²) < 4.78 is 0. The predicted octanol–water partition coefficient (Wildman–Crippen LogP) is 2.78. The van der Waals surface area contributed by atoms with Crippen molar-refractivity contribution in [2.24, 2.45) is 0 Å². The fourth-order valence-electron chi connectivity index (χ4n) is 1.96. The van der Waals surface area contributed by atoms with Crippen molar-refractivity contribution in [3.63, 3.8) is 0 Å². The van der Waals surface area contributed by atoms with Crippen molar-refractivity contribution >= 4 is 11.6 Å². The Morgan fingerprint density at radius 3 is 2.29 bits per heavy atom. The molecule has 1 aromatic carbocycles. The summed E-state index contributed by atoms with van der Waals surface area (Å²) in [5.74, 6) is -0.149. The van der Waals surface area contributed by atoms with Crippen LogP contribution in [0.15, 0.2) is 24.3 Å². The molecule has 0 aromatic heterocycles. The van der Waals surface area contributed by atoms with Crippen molar-refractivity contribution in [1.29, 1.82) is 10.5 Å². The zero-order chi connectivity index (χ0) is 15.7. The van der Waals surface area contributed by atoms with Crippen molar-refractivity contribution in [3.05, 3.63) is 29.8 Å². The van der Waals surface area contributed by atoms with Crippen LogP contribution in [0.3, 0.4) is 0 Å². The van der Waals surface area contributed by atoms with Gasteiger partial charge in [0.15, 0.2) is 0 Å². The van der Waals surface area contributed by atoms with E-state index in [2.05, 4.69) is 5.32 Å². The van der Waals surface area contributed by atoms with Gasteiger partial charge in [-0.15, -0.1) is 0 Å². The molecule has 5 nitrogen and oxygen atoms in total. The lowest BCUT2D eigenvalue weighted by atomic mass is 10.1. The second-order valence-electron chi connectivity index (χ2n) is 4.95. The minimum absolute atomic E-state index is 0.149. The summed E-state index contributed by atoms with van der Waals surface area (Å²) in [7, 11) is 0. The predicted molar refractivity (Wildman–Crippen MR) is 81.6 cm³/mol. The highest BCUT2D eigenvalue weighted by molar-refractivity contribution is 5.99. The van der Waals surface area contributed by atoms with Crippen molar-refractivity contribution < 1.29 is 4.79 Å². The number of carbonyl (C=O) groups is 1. The Labute approximate surface area is 125 Å². The smallest absolute Gasteiger partial charge is 0.256 e. The van der Waals surface area contributed by atoms with E-state index in [1.807, 2.05) is 44.2 Å². The first-order valence-corrected chi connectivity index (χ1v) is 6.99. The molecule has 5 heteroatoms. The summed E-state index contributed by atoms with van der Waals surface area (Å²) in [4.78, 5) is 14.2. The molecule has 0 saturated carbocycles. The highest BCUT2D eigenvalue weighted by atomic mass is 16.2. The summed E-state index contributed by atoms with van der Waals surface area (Å²) >= 11 is 0. The molecule has 0 heterocycles. The Kier molecular flexibility index (Phi) is 6.77. The molecule has 1 rings (SSSR count). The molecule has 21 heavy (non-hydrogen) atoms. The quantitative estimate of drug-likeness (QED) is 0.835. The number of hydrogen-bond donors (Lipinski definition) is 1. The van der Waals surface area contributed by atoms with Crippen LogP contribution in [0, 0.1) is 22.7 Å². The Hall–Kier alpha value is -2.53. The van der Waals surface area contributed by atoms with Gasteiger partial charge >= 0.3 is 0 Å². The number of nitriles is 2. The third kappa shape index (κ3) is 5.16. The minimum Gasteiger partial charge on any atom is -0.382 e. The van der Waals surface area contributed by atoms with Gasteiger partial charge in [-0.05, 0) is 26.0 Å². The zero-order valence-electron chi connectivity index (χ0n) is 12.5. The zero-order valence-corrected chi connectivity index (χ0v) is 12.5. The standard InChI is InChI=1S/C16H20N4O/c1-13(2)19-15-8-4-3-7-14(15)16(21)20(11-5-9-17)12-6-10-18/h3-4,7-8,13,19H,5-6,11-12H2,1-2H3. The molecular weight excluding hydrogens is 264 g/mol. The van der Waals surface area contributed by atoms with Crippen LogP contribution in [0.2, 0.25) is 0 Å². The van der Waals surface area contributed by atoms with Crippen LogP contribution in [0.4, 0.5) is 5.69 Å². The molecular formula is C16H20N4O. The summed E-state index contributed by atoms with van der Waals surface area (Å²) in [5.41, 5.74) is 1.35. The van der Waals surface area contributed by atoms with Gasteiger partial charge in [0, 0.05) is 24.8 Å². The highest BCUT2D eigenvalue weighted by Crippen LogP contribution is 2.18. The molecule has 1 aromatic rings. The number of anilines is 1. The number of amides is 1. The third-order valence-electron chi connectivity index (χ3n) is 2.88. The molecule has 0 bridgehead atoms. The largest absolute Gasteiger partial charge is 0.382 e. The second-order valence-corrected chi connectivity index (χ2v) is 4.95. The van der Waals surface area contributed by atoms with E-state index in [1.54, 1.807) is 11.0 Å². The average Bonchev–Trinajstić information content (AvgIpc) is 2.47. The lowest BCUT2D eigenvalue weighted by Gasteiger charge is -2.22. The Morgan fingerprint density at radius 1 is 1.19 bits per heavy atom. The van der Waals surface area contributed by atoms with E-state index in [1.165, 1.54) is 0 Å². The number of carbonyl (C=O) groups excluding carboxylic acids is 1. The van der Waals surface area contributed by atoms with Gasteiger partial charge in [0.25, 0.3) is 5.91 Å². The molecule has 0 aliphatic rings. The Morgan fingerprint density at radius 2 is 1.76 bits per heavy atom. The SMILES string of the molecule is CC(C)Nc1ccccc1C(=O)N(CCC#N)CCC#N. The van der Waals surface area contributed by atoms with E-state index in [-0.39, 0.29) is 24.8 Å². The number of hydrogen-bond acceptors (Lipinski definition) is 4. The van der Waals surface area contributed by atoms with Crippen molar-refractivity contribution in [2.75, 3.05) is 18.4 Å². The van der Waals surface area contributed by atoms with Crippen LogP contribution in [-0.4, -0.2) is 29.9 Å². The summed E-state index contributed by atoms with van der Waals surface area (Å²) in [6.07, 6.45) is 0.522. The summed E-state index contributed by atoms with van der Waals surface area (Å²) in [5, 5.41) is 20.6. The van der Waals surface area contributed by atoms with Gasteiger partial charge in [-0.2, -0.15) is 10.5 Å². The van der Waals surface area contributed by atoms with E-state index in [0.29, 0.717) is 18.7 Å². The lowest BCUT2D eigenvalue weighted by molar-refractivity contribution is 0.0763. The highest BCUT2D eigenvalue weighted by Gasteiger charge is 2.18. The average molecular weight is 284 g/mol. The maximum absolute atomic E-state index is 12.6. The van der Waals surface area contributed by atoms with Gasteiger partial charge in [-0.1, -0.05) is 12.1 Å². The first-order chi connectivity index (χ1) is 10.1. The number of rotatable bonds is 7. The van der Waals surface area contributed by atoms with E-state index >= 15 is 0 Å². The van der Waals surface area contributed by atoms with Gasteiger partial charge in [0.2, 0.25) is 0 Å². The topological polar surface area (TPSA) is 79.9 Å². The van der Waals surface area contributed by atoms with Gasteiger partial charge in [0.05, 0.1) is 30.5 Å². The van der Waals surface area contributed by atoms with E-state index in [9.17, 15) is 4.79 Å². The molecule has 0 spiro atoms. The fourth-order valence-corrected chi connectivity index (χ4v) is 1.96. The molecule has 0 fully saturated rings. The number of nitrogens with one attached hydrogen (secondary N) is 1. The molecule has 0 aliphatic heterocycles. The van der Waals surface area contributed by atoms with Crippen LogP contribution in [-0.2, 0) is 0 Å².